The number of nitrogens with zero attached hydrogens (tertiary/aromatic N) is 8. The summed E-state index contributed by atoms with van der Waals surface area (Å²) in [4.78, 5) is 55.2. The topological polar surface area (TPSA) is 191 Å². The van der Waals surface area contributed by atoms with Gasteiger partial charge in [-0.15, -0.1) is 0 Å². The van der Waals surface area contributed by atoms with E-state index < -0.39 is 18.2 Å². The summed E-state index contributed by atoms with van der Waals surface area (Å²) in [6.45, 7) is 6.47. The van der Waals surface area contributed by atoms with Gasteiger partial charge < -0.3 is 35.0 Å². The van der Waals surface area contributed by atoms with Gasteiger partial charge in [-0.2, -0.15) is 0 Å². The second-order valence-corrected chi connectivity index (χ2v) is 17.9. The summed E-state index contributed by atoms with van der Waals surface area (Å²) in [5, 5.41) is 22.7. The number of rotatable bonds is 10. The molecule has 2 aromatic carbocycles. The third kappa shape index (κ3) is 7.75. The summed E-state index contributed by atoms with van der Waals surface area (Å²) >= 11 is 0. The van der Waals surface area contributed by atoms with Crippen LogP contribution in [-0.2, 0) is 9.59 Å². The Hall–Kier alpha value is -5.42. The van der Waals surface area contributed by atoms with Crippen molar-refractivity contribution < 1.29 is 24.0 Å². The van der Waals surface area contributed by atoms with Crippen LogP contribution in [-0.4, -0.2) is 122 Å². The lowest BCUT2D eigenvalue weighted by molar-refractivity contribution is -0.134. The van der Waals surface area contributed by atoms with Crippen molar-refractivity contribution in [2.75, 3.05) is 63.1 Å². The van der Waals surface area contributed by atoms with Gasteiger partial charge in [0.2, 0.25) is 11.8 Å². The van der Waals surface area contributed by atoms with Gasteiger partial charge in [-0.05, 0) is 119 Å². The maximum atomic E-state index is 12.7. The predicted molar refractivity (Wildman–Crippen MR) is 230 cm³/mol. The van der Waals surface area contributed by atoms with Gasteiger partial charge >= 0.3 is 0 Å². The highest BCUT2D eigenvalue weighted by atomic mass is 16.5. The van der Waals surface area contributed by atoms with Gasteiger partial charge in [0.1, 0.15) is 11.5 Å². The Kier molecular flexibility index (Phi) is 10.7. The number of likely N-dealkylation sites (tertiary alicyclic amines) is 1. The first-order valence-electron chi connectivity index (χ1n) is 22.0. The molecule has 5 aliphatic rings. The molecule has 61 heavy (non-hydrogen) atoms. The summed E-state index contributed by atoms with van der Waals surface area (Å²) in [5.41, 5.74) is 10.4. The van der Waals surface area contributed by atoms with E-state index in [0.717, 1.165) is 106 Å². The first-order valence-corrected chi connectivity index (χ1v) is 22.0. The number of likely N-dealkylation sites (N-methyl/N-ethyl adjacent to an activating group) is 1. The molecular weight excluding hydrogens is 775 g/mol. The molecule has 16 nitrogen and oxygen atoms in total. The number of carbonyl (C=O) groups is 3. The zero-order valence-corrected chi connectivity index (χ0v) is 34.7. The van der Waals surface area contributed by atoms with E-state index >= 15 is 0 Å². The van der Waals surface area contributed by atoms with E-state index in [4.69, 9.17) is 15.2 Å². The summed E-state index contributed by atoms with van der Waals surface area (Å²) in [6, 6.07) is 15.3. The lowest BCUT2D eigenvalue weighted by atomic mass is 9.89. The minimum absolute atomic E-state index is 0.106. The first kappa shape index (κ1) is 39.7. The van der Waals surface area contributed by atoms with Gasteiger partial charge in [0.15, 0.2) is 23.4 Å². The average Bonchev–Trinajstić information content (AvgIpc) is 4.08. The third-order valence-corrected chi connectivity index (χ3v) is 14.2. The minimum atomic E-state index is -0.632. The molecule has 10 rings (SSSR count). The number of anilines is 3. The van der Waals surface area contributed by atoms with Crippen LogP contribution in [0.5, 0.6) is 0 Å². The van der Waals surface area contributed by atoms with Gasteiger partial charge in [-0.25, -0.2) is 9.97 Å². The molecule has 0 radical (unpaired) electrons. The second-order valence-electron chi connectivity index (χ2n) is 17.9. The molecule has 5 atom stereocenters. The van der Waals surface area contributed by atoms with Gasteiger partial charge in [0, 0.05) is 74.0 Å². The standard InChI is InChI=1S/C45H55N11O5/c1-52-21-22-56(45(52)60)32-3-2-17-54(26-32)37-24-47-41(42(46)58)43(49-37)48-30-7-5-28(6-8-30)29-14-18-53(19-15-29)25-27-4-9-31(23-27)55-20-16-33-35(55)11-12-36-39(33)40(51-61-36)34-10-13-38(57)50-44(34)59/h5-8,11-12,16,20,24,27,29,31-32,34,45,60H,2-4,9-10,13-15,17-19,21-23,25-26H2,1H3,(H2,46,58)(H,48,49)(H,50,57,59)/t27-,31?,32-,34?,45?/m1/s1. The normalized spacial score (nSPS) is 26.1. The number of nitrogens with two attached hydrogens (primary N) is 1. The molecule has 16 heteroatoms. The van der Waals surface area contributed by atoms with Crippen molar-refractivity contribution in [3.63, 3.8) is 0 Å². The molecular formula is C45H55N11O5. The Balaban J connectivity index is 0.740. The highest BCUT2D eigenvalue weighted by molar-refractivity contribution is 6.09. The molecule has 3 aromatic heterocycles. The number of aromatic nitrogens is 4. The summed E-state index contributed by atoms with van der Waals surface area (Å²) in [6.07, 6.45) is 11.6. The number of aliphatic hydroxyl groups is 1. The van der Waals surface area contributed by atoms with E-state index in [9.17, 15) is 19.5 Å². The van der Waals surface area contributed by atoms with E-state index in [1.165, 1.54) is 12.0 Å². The Morgan fingerprint density at radius 3 is 2.57 bits per heavy atom. The van der Waals surface area contributed by atoms with E-state index in [0.29, 0.717) is 53.6 Å². The van der Waals surface area contributed by atoms with Crippen LogP contribution in [0.25, 0.3) is 21.9 Å². The molecule has 3 amide bonds. The molecule has 320 valence electrons. The molecule has 1 aliphatic carbocycles. The number of aliphatic hydroxyl groups excluding tert-OH is 1. The number of benzene rings is 2. The second kappa shape index (κ2) is 16.5. The SMILES string of the molecule is CN1CCN([C@@H]2CCCN(c3cnc(C(N)=O)c(Nc4ccc(C5CCN(C[C@@H]6CCC(n7ccc8c9c(C%10CCC(=O)NC%10=O)noc9ccc87)C6)CC5)cc4)n3)C2)C1O. The van der Waals surface area contributed by atoms with E-state index in [1.807, 2.05) is 18.0 Å². The fourth-order valence-electron chi connectivity index (χ4n) is 10.8. The van der Waals surface area contributed by atoms with Crippen LogP contribution < -0.4 is 21.3 Å². The number of carbonyl (C=O) groups excluding carboxylic acids is 3. The van der Waals surface area contributed by atoms with Crippen molar-refractivity contribution in [3.05, 3.63) is 71.8 Å². The van der Waals surface area contributed by atoms with Crippen molar-refractivity contribution >= 4 is 56.9 Å². The molecule has 3 unspecified atom stereocenters. The molecule has 5 fully saturated rings. The lowest BCUT2D eigenvalue weighted by Crippen LogP contribution is -2.51. The molecule has 0 spiro atoms. The van der Waals surface area contributed by atoms with Gasteiger partial charge in [0.25, 0.3) is 5.91 Å². The fraction of sp³-hybridized carbons (Fsp3) is 0.511. The number of primary amides is 1. The van der Waals surface area contributed by atoms with Crippen molar-refractivity contribution in [1.82, 2.24) is 39.7 Å². The number of hydrogen-bond donors (Lipinski definition) is 4. The van der Waals surface area contributed by atoms with Gasteiger partial charge in [-0.3, -0.25) is 29.5 Å². The number of fused-ring (bicyclic) bond motifs is 3. The van der Waals surface area contributed by atoms with Crippen LogP contribution in [0.4, 0.5) is 17.3 Å². The van der Waals surface area contributed by atoms with Crippen molar-refractivity contribution in [3.8, 4) is 0 Å². The number of piperidine rings is 3. The Morgan fingerprint density at radius 2 is 1.80 bits per heavy atom. The molecule has 4 saturated heterocycles. The summed E-state index contributed by atoms with van der Waals surface area (Å²) in [7, 11) is 1.94. The van der Waals surface area contributed by atoms with Crippen LogP contribution in [0, 0.1) is 5.92 Å². The van der Waals surface area contributed by atoms with Crippen LogP contribution in [0.15, 0.2) is 59.4 Å². The Labute approximate surface area is 354 Å². The minimum Gasteiger partial charge on any atom is -0.365 e. The maximum absolute atomic E-state index is 12.7. The Bertz CT molecular complexity index is 2440. The zero-order valence-electron chi connectivity index (χ0n) is 34.7. The summed E-state index contributed by atoms with van der Waals surface area (Å²) < 4.78 is 8.08. The summed E-state index contributed by atoms with van der Waals surface area (Å²) in [5.74, 6) is 0.479. The number of hydrogen-bond acceptors (Lipinski definition) is 13. The maximum Gasteiger partial charge on any atom is 0.271 e. The number of nitrogens with one attached hydrogen (secondary N) is 2. The van der Waals surface area contributed by atoms with Crippen LogP contribution in [0.1, 0.15) is 97.4 Å². The number of amides is 3. The van der Waals surface area contributed by atoms with E-state index in [2.05, 4.69) is 82.6 Å². The van der Waals surface area contributed by atoms with E-state index in [-0.39, 0.29) is 23.6 Å². The molecule has 5 aromatic rings. The molecule has 4 aliphatic heterocycles. The van der Waals surface area contributed by atoms with Gasteiger partial charge in [-0.1, -0.05) is 17.3 Å². The lowest BCUT2D eigenvalue weighted by Gasteiger charge is -2.39. The fourth-order valence-corrected chi connectivity index (χ4v) is 10.8. The first-order chi connectivity index (χ1) is 29.7. The predicted octanol–water partition coefficient (Wildman–Crippen LogP) is 4.65. The van der Waals surface area contributed by atoms with Crippen LogP contribution in [0.2, 0.25) is 0 Å². The highest BCUT2D eigenvalue weighted by Crippen LogP contribution is 2.41. The molecule has 0 bridgehead atoms. The molecule has 1 saturated carbocycles. The quantitative estimate of drug-likeness (QED) is 0.143. The van der Waals surface area contributed by atoms with Crippen molar-refractivity contribution in [2.24, 2.45) is 11.7 Å². The average molecular weight is 830 g/mol. The van der Waals surface area contributed by atoms with Crippen LogP contribution >= 0.6 is 0 Å². The smallest absolute Gasteiger partial charge is 0.271 e. The Morgan fingerprint density at radius 1 is 0.967 bits per heavy atom. The highest BCUT2D eigenvalue weighted by Gasteiger charge is 2.37. The zero-order chi connectivity index (χ0) is 41.8. The monoisotopic (exact) mass is 829 g/mol. The molecule has 7 heterocycles. The third-order valence-electron chi connectivity index (χ3n) is 14.2. The molecule has 5 N–H and O–H groups in total. The van der Waals surface area contributed by atoms with Crippen molar-refractivity contribution in [2.45, 2.75) is 88.1 Å². The largest absolute Gasteiger partial charge is 0.365 e. The van der Waals surface area contributed by atoms with Crippen LogP contribution in [0.3, 0.4) is 0 Å². The van der Waals surface area contributed by atoms with Crippen molar-refractivity contribution in [1.29, 1.82) is 0 Å². The van der Waals surface area contributed by atoms with E-state index in [1.54, 1.807) is 6.20 Å². The number of imide groups is 1. The van der Waals surface area contributed by atoms with Gasteiger partial charge in [0.05, 0.1) is 17.5 Å².